The molecule has 0 atom stereocenters. The van der Waals surface area contributed by atoms with Crippen molar-refractivity contribution in [2.24, 2.45) is 5.16 Å². The van der Waals surface area contributed by atoms with Crippen LogP contribution < -0.4 is 0 Å². The van der Waals surface area contributed by atoms with E-state index in [0.29, 0.717) is 5.02 Å². The summed E-state index contributed by atoms with van der Waals surface area (Å²) >= 11 is 9.01. The Kier molecular flexibility index (Phi) is 2.91. The molecule has 4 heteroatoms. The minimum absolute atomic E-state index is 0.599. The van der Waals surface area contributed by atoms with E-state index in [1.165, 1.54) is 6.21 Å². The summed E-state index contributed by atoms with van der Waals surface area (Å²) in [6.45, 7) is 0. The van der Waals surface area contributed by atoms with Crippen molar-refractivity contribution in [3.63, 3.8) is 0 Å². The van der Waals surface area contributed by atoms with Gasteiger partial charge in [-0.05, 0) is 22.0 Å². The molecule has 1 aromatic rings. The Hall–Kier alpha value is -0.540. The van der Waals surface area contributed by atoms with Crippen LogP contribution in [0.1, 0.15) is 5.56 Å². The predicted octanol–water partition coefficient (Wildman–Crippen LogP) is 2.91. The Morgan fingerprint density at radius 2 is 2.27 bits per heavy atom. The van der Waals surface area contributed by atoms with Crippen LogP contribution in [0.5, 0.6) is 0 Å². The number of hydrogen-bond acceptors (Lipinski definition) is 2. The fourth-order valence-corrected chi connectivity index (χ4v) is 1.23. The highest BCUT2D eigenvalue weighted by Crippen LogP contribution is 2.24. The summed E-state index contributed by atoms with van der Waals surface area (Å²) in [7, 11) is 0. The summed E-state index contributed by atoms with van der Waals surface area (Å²) in [5, 5.41) is 11.7. The summed E-state index contributed by atoms with van der Waals surface area (Å²) in [5.74, 6) is 0. The normalized spacial score (nSPS) is 10.7. The first kappa shape index (κ1) is 8.56. The second-order valence-electron chi connectivity index (χ2n) is 1.89. The zero-order valence-electron chi connectivity index (χ0n) is 5.46. The van der Waals surface area contributed by atoms with Crippen LogP contribution in [0.25, 0.3) is 0 Å². The van der Waals surface area contributed by atoms with Gasteiger partial charge >= 0.3 is 0 Å². The Morgan fingerprint density at radius 1 is 1.55 bits per heavy atom. The third kappa shape index (κ3) is 1.94. The lowest BCUT2D eigenvalue weighted by atomic mass is 10.2. The highest BCUT2D eigenvalue weighted by atomic mass is 79.9. The Labute approximate surface area is 77.6 Å². The van der Waals surface area contributed by atoms with Gasteiger partial charge in [0.1, 0.15) is 0 Å². The minimum Gasteiger partial charge on any atom is -0.411 e. The Balaban J connectivity index is 3.16. The van der Waals surface area contributed by atoms with Crippen molar-refractivity contribution in [3.8, 4) is 0 Å². The van der Waals surface area contributed by atoms with E-state index in [2.05, 4.69) is 21.1 Å². The minimum atomic E-state index is 0.599. The van der Waals surface area contributed by atoms with Crippen molar-refractivity contribution >= 4 is 33.7 Å². The van der Waals surface area contributed by atoms with Crippen LogP contribution in [0.4, 0.5) is 0 Å². The summed E-state index contributed by atoms with van der Waals surface area (Å²) in [5.41, 5.74) is 0.750. The zero-order chi connectivity index (χ0) is 8.27. The van der Waals surface area contributed by atoms with Gasteiger partial charge in [0.15, 0.2) is 0 Å². The van der Waals surface area contributed by atoms with E-state index in [-0.39, 0.29) is 0 Å². The molecule has 1 rings (SSSR count). The van der Waals surface area contributed by atoms with E-state index in [0.717, 1.165) is 10.0 Å². The highest BCUT2D eigenvalue weighted by molar-refractivity contribution is 9.10. The van der Waals surface area contributed by atoms with Crippen LogP contribution >= 0.6 is 27.5 Å². The number of oxime groups is 1. The van der Waals surface area contributed by atoms with E-state index in [4.69, 9.17) is 16.8 Å². The molecular formula is C7H5BrClNO. The van der Waals surface area contributed by atoms with Crippen molar-refractivity contribution in [2.45, 2.75) is 0 Å². The predicted molar refractivity (Wildman–Crippen MR) is 48.5 cm³/mol. The fraction of sp³-hybridized carbons (Fsp3) is 0. The summed E-state index contributed by atoms with van der Waals surface area (Å²) in [6, 6.07) is 5.32. The molecule has 0 saturated carbocycles. The van der Waals surface area contributed by atoms with Crippen LogP contribution in [-0.4, -0.2) is 11.4 Å². The fourth-order valence-electron chi connectivity index (χ4n) is 0.682. The molecule has 11 heavy (non-hydrogen) atoms. The van der Waals surface area contributed by atoms with Gasteiger partial charge < -0.3 is 5.21 Å². The van der Waals surface area contributed by atoms with Gasteiger partial charge in [0.25, 0.3) is 0 Å². The monoisotopic (exact) mass is 233 g/mol. The van der Waals surface area contributed by atoms with Gasteiger partial charge in [0, 0.05) is 10.0 Å². The molecule has 0 heterocycles. The van der Waals surface area contributed by atoms with Crippen molar-refractivity contribution in [1.82, 2.24) is 0 Å². The average molecular weight is 234 g/mol. The molecule has 0 saturated heterocycles. The molecule has 58 valence electrons. The van der Waals surface area contributed by atoms with E-state index >= 15 is 0 Å². The van der Waals surface area contributed by atoms with Gasteiger partial charge in [-0.1, -0.05) is 28.9 Å². The van der Waals surface area contributed by atoms with Crippen LogP contribution in [0.2, 0.25) is 5.02 Å². The van der Waals surface area contributed by atoms with Gasteiger partial charge in [-0.2, -0.15) is 0 Å². The van der Waals surface area contributed by atoms with Crippen LogP contribution in [0, 0.1) is 0 Å². The standard InChI is InChI=1S/C7H5BrClNO/c8-7-5(4-10-11)2-1-3-6(7)9/h1-4,11H/b10-4+. The second-order valence-corrected chi connectivity index (χ2v) is 3.09. The maximum absolute atomic E-state index is 8.24. The van der Waals surface area contributed by atoms with Crippen molar-refractivity contribution in [3.05, 3.63) is 33.3 Å². The van der Waals surface area contributed by atoms with E-state index in [9.17, 15) is 0 Å². The lowest BCUT2D eigenvalue weighted by Gasteiger charge is -1.97. The van der Waals surface area contributed by atoms with Crippen LogP contribution in [0.15, 0.2) is 27.8 Å². The molecule has 0 spiro atoms. The molecule has 0 radical (unpaired) electrons. The molecule has 0 unspecified atom stereocenters. The Bertz CT molecular complexity index is 288. The van der Waals surface area contributed by atoms with E-state index in [1.807, 2.05) is 0 Å². The zero-order valence-corrected chi connectivity index (χ0v) is 7.80. The van der Waals surface area contributed by atoms with Crippen LogP contribution in [0.3, 0.4) is 0 Å². The molecule has 0 bridgehead atoms. The summed E-state index contributed by atoms with van der Waals surface area (Å²) in [4.78, 5) is 0. The number of hydrogen-bond donors (Lipinski definition) is 1. The molecule has 0 fully saturated rings. The molecular weight excluding hydrogens is 229 g/mol. The second kappa shape index (κ2) is 3.74. The Morgan fingerprint density at radius 3 is 2.91 bits per heavy atom. The average Bonchev–Trinajstić information content (AvgIpc) is 1.99. The first-order valence-corrected chi connectivity index (χ1v) is 4.04. The molecule has 1 aromatic carbocycles. The SMILES string of the molecule is O/N=C/c1cccc(Cl)c1Br. The topological polar surface area (TPSA) is 32.6 Å². The number of benzene rings is 1. The van der Waals surface area contributed by atoms with Crippen molar-refractivity contribution in [1.29, 1.82) is 0 Å². The third-order valence-electron chi connectivity index (χ3n) is 1.18. The van der Waals surface area contributed by atoms with E-state index < -0.39 is 0 Å². The first-order valence-electron chi connectivity index (χ1n) is 2.87. The molecule has 0 aromatic heterocycles. The molecule has 0 aliphatic rings. The molecule has 0 aliphatic heterocycles. The lowest BCUT2D eigenvalue weighted by molar-refractivity contribution is 0.322. The molecule has 0 aliphatic carbocycles. The first-order chi connectivity index (χ1) is 5.25. The molecule has 2 nitrogen and oxygen atoms in total. The van der Waals surface area contributed by atoms with Gasteiger partial charge in [-0.3, -0.25) is 0 Å². The number of halogens is 2. The third-order valence-corrected chi connectivity index (χ3v) is 2.61. The lowest BCUT2D eigenvalue weighted by Crippen LogP contribution is -1.82. The quantitative estimate of drug-likeness (QED) is 0.452. The highest BCUT2D eigenvalue weighted by Gasteiger charge is 1.99. The molecule has 1 N–H and O–H groups in total. The number of rotatable bonds is 1. The van der Waals surface area contributed by atoms with Gasteiger partial charge in [-0.15, -0.1) is 0 Å². The van der Waals surface area contributed by atoms with Crippen molar-refractivity contribution < 1.29 is 5.21 Å². The summed E-state index contributed by atoms with van der Waals surface area (Å²) in [6.07, 6.45) is 1.32. The smallest absolute Gasteiger partial charge is 0.0745 e. The maximum atomic E-state index is 8.24. The van der Waals surface area contributed by atoms with Crippen molar-refractivity contribution in [2.75, 3.05) is 0 Å². The van der Waals surface area contributed by atoms with E-state index in [1.54, 1.807) is 18.2 Å². The van der Waals surface area contributed by atoms with Gasteiger partial charge in [-0.25, -0.2) is 0 Å². The van der Waals surface area contributed by atoms with Gasteiger partial charge in [0.2, 0.25) is 0 Å². The molecule has 0 amide bonds. The summed E-state index contributed by atoms with van der Waals surface area (Å²) < 4.78 is 0.736. The largest absolute Gasteiger partial charge is 0.411 e. The van der Waals surface area contributed by atoms with Gasteiger partial charge in [0.05, 0.1) is 11.2 Å². The van der Waals surface area contributed by atoms with Crippen LogP contribution in [-0.2, 0) is 0 Å². The number of nitrogens with zero attached hydrogens (tertiary/aromatic N) is 1. The maximum Gasteiger partial charge on any atom is 0.0745 e.